The second kappa shape index (κ2) is 3.80. The van der Waals surface area contributed by atoms with Crippen LogP contribution in [0, 0.1) is 5.82 Å². The van der Waals surface area contributed by atoms with Crippen LogP contribution in [0.25, 0.3) is 5.69 Å². The van der Waals surface area contributed by atoms with Crippen molar-refractivity contribution in [2.24, 2.45) is 0 Å². The Hall–Kier alpha value is -1.97. The molecule has 86 valence electrons. The molecule has 0 atom stereocenters. The summed E-state index contributed by atoms with van der Waals surface area (Å²) in [6.07, 6.45) is 2.94. The van der Waals surface area contributed by atoms with Crippen LogP contribution in [-0.2, 0) is 0 Å². The zero-order valence-electron chi connectivity index (χ0n) is 9.14. The summed E-state index contributed by atoms with van der Waals surface area (Å²) in [5, 5.41) is 4.18. The van der Waals surface area contributed by atoms with Gasteiger partial charge >= 0.3 is 0 Å². The maximum Gasteiger partial charge on any atom is 0.170 e. The molecule has 3 rings (SSSR count). The molecule has 1 aromatic carbocycles. The number of halogens is 1. The molecule has 3 nitrogen and oxygen atoms in total. The summed E-state index contributed by atoms with van der Waals surface area (Å²) in [4.78, 5) is 10.8. The molecule has 2 aromatic rings. The Kier molecular flexibility index (Phi) is 2.28. The van der Waals surface area contributed by atoms with Crippen molar-refractivity contribution in [2.45, 2.75) is 18.8 Å². The Morgan fingerprint density at radius 1 is 1.35 bits per heavy atom. The van der Waals surface area contributed by atoms with Crippen LogP contribution < -0.4 is 0 Å². The normalized spacial score (nSPS) is 14.9. The minimum Gasteiger partial charge on any atom is -0.296 e. The number of carbonyl (C=O) groups excluding carboxylic acids is 1. The van der Waals surface area contributed by atoms with Crippen LogP contribution in [0.3, 0.4) is 0 Å². The van der Waals surface area contributed by atoms with Gasteiger partial charge in [-0.25, -0.2) is 9.07 Å². The third-order valence-electron chi connectivity index (χ3n) is 2.92. The molecule has 0 bridgehead atoms. The number of hydrogen-bond donors (Lipinski definition) is 0. The Morgan fingerprint density at radius 2 is 2.18 bits per heavy atom. The van der Waals surface area contributed by atoms with Gasteiger partial charge in [0.15, 0.2) is 6.29 Å². The first-order chi connectivity index (χ1) is 8.28. The van der Waals surface area contributed by atoms with E-state index in [9.17, 15) is 9.18 Å². The van der Waals surface area contributed by atoms with Crippen LogP contribution in [0.1, 0.15) is 34.9 Å². The molecule has 0 spiro atoms. The summed E-state index contributed by atoms with van der Waals surface area (Å²) in [6, 6.07) is 8.04. The molecule has 0 saturated heterocycles. The van der Waals surface area contributed by atoms with Crippen molar-refractivity contribution in [3.05, 3.63) is 47.5 Å². The fraction of sp³-hybridized carbons (Fsp3) is 0.231. The third kappa shape index (κ3) is 1.86. The third-order valence-corrected chi connectivity index (χ3v) is 2.92. The number of aldehydes is 1. The topological polar surface area (TPSA) is 34.9 Å². The summed E-state index contributed by atoms with van der Waals surface area (Å²) in [6.45, 7) is 0. The number of nitrogens with zero attached hydrogens (tertiary/aromatic N) is 2. The van der Waals surface area contributed by atoms with Crippen molar-refractivity contribution in [1.29, 1.82) is 0 Å². The first-order valence-electron chi connectivity index (χ1n) is 5.59. The van der Waals surface area contributed by atoms with E-state index in [1.165, 1.54) is 12.1 Å². The molecule has 0 radical (unpaired) electrons. The molecule has 0 amide bonds. The summed E-state index contributed by atoms with van der Waals surface area (Å²) in [5.41, 5.74) is 2.06. The van der Waals surface area contributed by atoms with Gasteiger partial charge in [-0.1, -0.05) is 6.07 Å². The average Bonchev–Trinajstić information content (AvgIpc) is 3.08. The molecule has 0 unspecified atom stereocenters. The smallest absolute Gasteiger partial charge is 0.170 e. The quantitative estimate of drug-likeness (QED) is 0.760. The van der Waals surface area contributed by atoms with Crippen LogP contribution in [0.4, 0.5) is 4.39 Å². The van der Waals surface area contributed by atoms with Gasteiger partial charge in [-0.3, -0.25) is 4.79 Å². The van der Waals surface area contributed by atoms with Gasteiger partial charge in [0.1, 0.15) is 11.5 Å². The van der Waals surface area contributed by atoms with Crippen molar-refractivity contribution in [2.75, 3.05) is 0 Å². The van der Waals surface area contributed by atoms with E-state index in [0.29, 0.717) is 17.3 Å². The first-order valence-corrected chi connectivity index (χ1v) is 5.59. The average molecular weight is 230 g/mol. The SMILES string of the molecule is O=Cc1cc(C2CC2)n(-c2cccc(F)c2)n1. The van der Waals surface area contributed by atoms with Gasteiger partial charge in [0.25, 0.3) is 0 Å². The lowest BCUT2D eigenvalue weighted by Gasteiger charge is -2.06. The van der Waals surface area contributed by atoms with Gasteiger partial charge < -0.3 is 0 Å². The van der Waals surface area contributed by atoms with Gasteiger partial charge in [0.2, 0.25) is 0 Å². The molecular formula is C13H11FN2O. The number of carbonyl (C=O) groups is 1. The van der Waals surface area contributed by atoms with E-state index in [0.717, 1.165) is 24.8 Å². The number of hydrogen-bond acceptors (Lipinski definition) is 2. The highest BCUT2D eigenvalue weighted by Crippen LogP contribution is 2.40. The maximum atomic E-state index is 13.2. The number of aromatic nitrogens is 2. The minimum absolute atomic E-state index is 0.299. The first kappa shape index (κ1) is 10.2. The van der Waals surface area contributed by atoms with Gasteiger partial charge in [0, 0.05) is 11.6 Å². The van der Waals surface area contributed by atoms with Crippen LogP contribution in [0.5, 0.6) is 0 Å². The van der Waals surface area contributed by atoms with Crippen LogP contribution in [-0.4, -0.2) is 16.1 Å². The van der Waals surface area contributed by atoms with Crippen LogP contribution in [0.2, 0.25) is 0 Å². The Labute approximate surface area is 97.9 Å². The van der Waals surface area contributed by atoms with Gasteiger partial charge in [-0.2, -0.15) is 5.10 Å². The summed E-state index contributed by atoms with van der Waals surface area (Å²) in [7, 11) is 0. The van der Waals surface area contributed by atoms with E-state index < -0.39 is 0 Å². The van der Waals surface area contributed by atoms with Crippen LogP contribution in [0.15, 0.2) is 30.3 Å². The largest absolute Gasteiger partial charge is 0.296 e. The minimum atomic E-state index is -0.299. The highest BCUT2D eigenvalue weighted by molar-refractivity contribution is 5.72. The zero-order valence-corrected chi connectivity index (χ0v) is 9.14. The standard InChI is InChI=1S/C13H11FN2O/c14-10-2-1-3-12(6-10)16-13(9-4-5-9)7-11(8-17)15-16/h1-3,6-9H,4-5H2. The Morgan fingerprint density at radius 3 is 2.82 bits per heavy atom. The van der Waals surface area contributed by atoms with Crippen molar-refractivity contribution in [3.8, 4) is 5.69 Å². The maximum absolute atomic E-state index is 13.2. The van der Waals surface area contributed by atoms with Crippen molar-refractivity contribution in [1.82, 2.24) is 9.78 Å². The lowest BCUT2D eigenvalue weighted by molar-refractivity contribution is 0.111. The predicted octanol–water partition coefficient (Wildman–Crippen LogP) is 2.70. The Bertz CT molecular complexity index is 573. The van der Waals surface area contributed by atoms with Crippen molar-refractivity contribution >= 4 is 6.29 Å². The highest BCUT2D eigenvalue weighted by atomic mass is 19.1. The molecule has 1 saturated carbocycles. The van der Waals surface area contributed by atoms with Crippen molar-refractivity contribution in [3.63, 3.8) is 0 Å². The van der Waals surface area contributed by atoms with Crippen molar-refractivity contribution < 1.29 is 9.18 Å². The Balaban J connectivity index is 2.12. The molecular weight excluding hydrogens is 219 g/mol. The van der Waals surface area contributed by atoms with Gasteiger partial charge in [-0.05, 0) is 37.1 Å². The van der Waals surface area contributed by atoms with E-state index in [4.69, 9.17) is 0 Å². The molecule has 4 heteroatoms. The van der Waals surface area contributed by atoms with E-state index in [1.54, 1.807) is 22.9 Å². The molecule has 0 N–H and O–H groups in total. The molecule has 1 aromatic heterocycles. The zero-order chi connectivity index (χ0) is 11.8. The molecule has 1 fully saturated rings. The highest BCUT2D eigenvalue weighted by Gasteiger charge is 2.28. The second-order valence-electron chi connectivity index (χ2n) is 4.28. The number of benzene rings is 1. The monoisotopic (exact) mass is 230 g/mol. The lowest BCUT2D eigenvalue weighted by atomic mass is 10.2. The van der Waals surface area contributed by atoms with Gasteiger partial charge in [-0.15, -0.1) is 0 Å². The molecule has 1 aliphatic carbocycles. The van der Waals surface area contributed by atoms with Crippen LogP contribution >= 0.6 is 0 Å². The predicted molar refractivity (Wildman–Crippen MR) is 60.9 cm³/mol. The molecule has 1 heterocycles. The molecule has 1 aliphatic rings. The van der Waals surface area contributed by atoms with E-state index in [2.05, 4.69) is 5.10 Å². The second-order valence-corrected chi connectivity index (χ2v) is 4.28. The summed E-state index contributed by atoms with van der Waals surface area (Å²) < 4.78 is 14.9. The lowest BCUT2D eigenvalue weighted by Crippen LogP contribution is -2.01. The fourth-order valence-electron chi connectivity index (χ4n) is 1.96. The number of rotatable bonds is 3. The molecule has 0 aliphatic heterocycles. The van der Waals surface area contributed by atoms with E-state index in [-0.39, 0.29) is 5.82 Å². The van der Waals surface area contributed by atoms with E-state index in [1.807, 2.05) is 0 Å². The molecule has 17 heavy (non-hydrogen) atoms. The fourth-order valence-corrected chi connectivity index (χ4v) is 1.96. The van der Waals surface area contributed by atoms with Gasteiger partial charge in [0.05, 0.1) is 5.69 Å². The summed E-state index contributed by atoms with van der Waals surface area (Å²) >= 11 is 0. The summed E-state index contributed by atoms with van der Waals surface area (Å²) in [5.74, 6) is 0.159. The van der Waals surface area contributed by atoms with E-state index >= 15 is 0 Å².